The van der Waals surface area contributed by atoms with Crippen LogP contribution >= 0.6 is 0 Å². The van der Waals surface area contributed by atoms with Crippen LogP contribution in [-0.2, 0) is 16.1 Å². The van der Waals surface area contributed by atoms with E-state index in [1.807, 2.05) is 24.3 Å². The average molecular weight is 148 g/mol. The van der Waals surface area contributed by atoms with Crippen molar-refractivity contribution in [2.45, 2.75) is 12.7 Å². The molecule has 0 N–H and O–H groups in total. The van der Waals surface area contributed by atoms with E-state index in [9.17, 15) is 4.79 Å². The number of aldehydes is 1. The van der Waals surface area contributed by atoms with Crippen molar-refractivity contribution in [2.24, 2.45) is 0 Å². The Morgan fingerprint density at radius 2 is 2.27 bits per heavy atom. The number of benzene rings is 1. The molecule has 11 heavy (non-hydrogen) atoms. The molecule has 1 aromatic rings. The maximum atomic E-state index is 10.4. The fraction of sp³-hybridized carbons (Fsp3) is 0.222. The van der Waals surface area contributed by atoms with Crippen molar-refractivity contribution < 1.29 is 9.53 Å². The first kappa shape index (κ1) is 6.55. The molecule has 1 aromatic carbocycles. The summed E-state index contributed by atoms with van der Waals surface area (Å²) in [6.45, 7) is 0.569. The highest BCUT2D eigenvalue weighted by Crippen LogP contribution is 2.27. The van der Waals surface area contributed by atoms with Gasteiger partial charge >= 0.3 is 0 Å². The zero-order chi connectivity index (χ0) is 7.68. The van der Waals surface area contributed by atoms with Crippen LogP contribution in [0.25, 0.3) is 0 Å². The van der Waals surface area contributed by atoms with Crippen LogP contribution < -0.4 is 0 Å². The quantitative estimate of drug-likeness (QED) is 0.563. The topological polar surface area (TPSA) is 26.3 Å². The second-order valence-electron chi connectivity index (χ2n) is 2.57. The monoisotopic (exact) mass is 148 g/mol. The van der Waals surface area contributed by atoms with Crippen LogP contribution in [0.1, 0.15) is 17.2 Å². The summed E-state index contributed by atoms with van der Waals surface area (Å²) in [5.41, 5.74) is 2.15. The predicted octanol–water partition coefficient (Wildman–Crippen LogP) is 1.46. The number of hydrogen-bond acceptors (Lipinski definition) is 2. The molecule has 1 atom stereocenters. The lowest BCUT2D eigenvalue weighted by Gasteiger charge is -1.99. The normalized spacial score (nSPS) is 21.3. The highest BCUT2D eigenvalue weighted by molar-refractivity contribution is 5.62. The van der Waals surface area contributed by atoms with Crippen molar-refractivity contribution >= 4 is 6.29 Å². The van der Waals surface area contributed by atoms with Crippen LogP contribution in [0.15, 0.2) is 24.3 Å². The summed E-state index contributed by atoms with van der Waals surface area (Å²) < 4.78 is 5.20. The van der Waals surface area contributed by atoms with Crippen LogP contribution in [0.4, 0.5) is 0 Å². The second-order valence-corrected chi connectivity index (χ2v) is 2.57. The summed E-state index contributed by atoms with van der Waals surface area (Å²) in [6, 6.07) is 7.79. The maximum absolute atomic E-state index is 10.4. The molecule has 1 aliphatic heterocycles. The summed E-state index contributed by atoms with van der Waals surface area (Å²) >= 11 is 0. The molecular weight excluding hydrogens is 140 g/mol. The Labute approximate surface area is 64.8 Å². The van der Waals surface area contributed by atoms with Crippen molar-refractivity contribution in [2.75, 3.05) is 0 Å². The predicted molar refractivity (Wildman–Crippen MR) is 40.0 cm³/mol. The van der Waals surface area contributed by atoms with Crippen molar-refractivity contribution in [3.8, 4) is 0 Å². The largest absolute Gasteiger partial charge is 0.361 e. The first-order valence-corrected chi connectivity index (χ1v) is 3.56. The van der Waals surface area contributed by atoms with E-state index in [1.54, 1.807) is 0 Å². The van der Waals surface area contributed by atoms with Crippen molar-refractivity contribution in [1.29, 1.82) is 0 Å². The third-order valence-electron chi connectivity index (χ3n) is 1.90. The second kappa shape index (κ2) is 2.47. The van der Waals surface area contributed by atoms with Gasteiger partial charge in [0.05, 0.1) is 6.61 Å². The third kappa shape index (κ3) is 0.955. The molecule has 2 rings (SSSR count). The third-order valence-corrected chi connectivity index (χ3v) is 1.90. The van der Waals surface area contributed by atoms with E-state index in [2.05, 4.69) is 0 Å². The molecule has 56 valence electrons. The van der Waals surface area contributed by atoms with Gasteiger partial charge in [-0.1, -0.05) is 24.3 Å². The number of rotatable bonds is 1. The number of carbonyl (C=O) groups is 1. The molecule has 0 bridgehead atoms. The van der Waals surface area contributed by atoms with Gasteiger partial charge in [-0.2, -0.15) is 0 Å². The van der Waals surface area contributed by atoms with Gasteiger partial charge in [-0.05, 0) is 11.1 Å². The first-order chi connectivity index (χ1) is 5.42. The lowest BCUT2D eigenvalue weighted by atomic mass is 10.1. The van der Waals surface area contributed by atoms with Gasteiger partial charge in [0.15, 0.2) is 6.29 Å². The van der Waals surface area contributed by atoms with Crippen molar-refractivity contribution in [3.63, 3.8) is 0 Å². The van der Waals surface area contributed by atoms with E-state index < -0.39 is 0 Å². The smallest absolute Gasteiger partial charge is 0.153 e. The van der Waals surface area contributed by atoms with Gasteiger partial charge in [0.2, 0.25) is 0 Å². The molecule has 2 nitrogen and oxygen atoms in total. The summed E-state index contributed by atoms with van der Waals surface area (Å²) in [6.07, 6.45) is 0.512. The number of hydrogen-bond donors (Lipinski definition) is 0. The molecule has 0 saturated carbocycles. The van der Waals surface area contributed by atoms with E-state index in [0.717, 1.165) is 17.4 Å². The Kier molecular flexibility index (Phi) is 1.47. The van der Waals surface area contributed by atoms with Gasteiger partial charge in [-0.3, -0.25) is 0 Å². The molecule has 0 amide bonds. The Hall–Kier alpha value is -1.15. The fourth-order valence-corrected chi connectivity index (χ4v) is 1.33. The zero-order valence-electron chi connectivity index (χ0n) is 5.99. The maximum Gasteiger partial charge on any atom is 0.153 e. The van der Waals surface area contributed by atoms with E-state index >= 15 is 0 Å². The standard InChI is InChI=1S/C9H8O2/c10-5-9-8-4-2-1-3-7(8)6-11-9/h1-5,9H,6H2. The number of ether oxygens (including phenoxy) is 1. The van der Waals surface area contributed by atoms with E-state index in [0.29, 0.717) is 6.61 Å². The van der Waals surface area contributed by atoms with E-state index in [4.69, 9.17) is 4.74 Å². The van der Waals surface area contributed by atoms with Crippen LogP contribution in [0.5, 0.6) is 0 Å². The SMILES string of the molecule is O=CC1OCc2ccccc21. The molecule has 2 heteroatoms. The van der Waals surface area contributed by atoms with Crippen molar-refractivity contribution in [3.05, 3.63) is 35.4 Å². The summed E-state index contributed by atoms with van der Waals surface area (Å²) in [4.78, 5) is 10.4. The lowest BCUT2D eigenvalue weighted by Crippen LogP contribution is -1.95. The Morgan fingerprint density at radius 1 is 1.45 bits per heavy atom. The Bertz CT molecular complexity index is 281. The zero-order valence-corrected chi connectivity index (χ0v) is 5.99. The first-order valence-electron chi connectivity index (χ1n) is 3.56. The number of fused-ring (bicyclic) bond motifs is 1. The van der Waals surface area contributed by atoms with Crippen LogP contribution in [-0.4, -0.2) is 6.29 Å². The fourth-order valence-electron chi connectivity index (χ4n) is 1.33. The summed E-state index contributed by atoms with van der Waals surface area (Å²) in [7, 11) is 0. The minimum Gasteiger partial charge on any atom is -0.361 e. The minimum atomic E-state index is -0.328. The minimum absolute atomic E-state index is 0.328. The summed E-state index contributed by atoms with van der Waals surface area (Å²) in [5.74, 6) is 0. The molecule has 1 aliphatic rings. The molecular formula is C9H8O2. The van der Waals surface area contributed by atoms with Gasteiger partial charge < -0.3 is 9.53 Å². The Morgan fingerprint density at radius 3 is 3.09 bits per heavy atom. The van der Waals surface area contributed by atoms with Gasteiger partial charge in [0.1, 0.15) is 6.10 Å². The molecule has 0 spiro atoms. The molecule has 1 unspecified atom stereocenters. The van der Waals surface area contributed by atoms with Crippen molar-refractivity contribution in [1.82, 2.24) is 0 Å². The van der Waals surface area contributed by atoms with E-state index in [1.165, 1.54) is 0 Å². The van der Waals surface area contributed by atoms with E-state index in [-0.39, 0.29) is 6.10 Å². The molecule has 0 aliphatic carbocycles. The number of carbonyl (C=O) groups excluding carboxylic acids is 1. The van der Waals surface area contributed by atoms with Gasteiger partial charge in [0, 0.05) is 0 Å². The summed E-state index contributed by atoms with van der Waals surface area (Å²) in [5, 5.41) is 0. The molecule has 0 radical (unpaired) electrons. The Balaban J connectivity index is 2.46. The highest BCUT2D eigenvalue weighted by Gasteiger charge is 2.20. The van der Waals surface area contributed by atoms with Gasteiger partial charge in [0.25, 0.3) is 0 Å². The average Bonchev–Trinajstić information content (AvgIpc) is 2.47. The van der Waals surface area contributed by atoms with Crippen LogP contribution in [0, 0.1) is 0 Å². The molecule has 1 heterocycles. The lowest BCUT2D eigenvalue weighted by molar-refractivity contribution is -0.117. The highest BCUT2D eigenvalue weighted by atomic mass is 16.5. The van der Waals surface area contributed by atoms with Gasteiger partial charge in [-0.15, -0.1) is 0 Å². The molecule has 0 aromatic heterocycles. The molecule has 0 fully saturated rings. The van der Waals surface area contributed by atoms with Crippen LogP contribution in [0.3, 0.4) is 0 Å². The van der Waals surface area contributed by atoms with Crippen LogP contribution in [0.2, 0.25) is 0 Å². The molecule has 0 saturated heterocycles. The van der Waals surface area contributed by atoms with Gasteiger partial charge in [-0.25, -0.2) is 0 Å².